The number of carboxylic acid groups (broad SMARTS) is 1. The predicted octanol–water partition coefficient (Wildman–Crippen LogP) is 2.09. The summed E-state index contributed by atoms with van der Waals surface area (Å²) in [6.45, 7) is 2.43. The zero-order valence-electron chi connectivity index (χ0n) is 12.2. The van der Waals surface area contributed by atoms with Crippen LogP contribution >= 0.6 is 0 Å². The first-order chi connectivity index (χ1) is 10.1. The summed E-state index contributed by atoms with van der Waals surface area (Å²) in [6, 6.07) is 6.88. The molecule has 0 saturated carbocycles. The molecule has 2 rings (SSSR count). The molecule has 1 aromatic carbocycles. The van der Waals surface area contributed by atoms with E-state index in [1.807, 2.05) is 18.2 Å². The maximum Gasteiger partial charge on any atom is 0.326 e. The molecule has 1 unspecified atom stereocenters. The number of rotatable bonds is 5. The van der Waals surface area contributed by atoms with E-state index in [-0.39, 0.29) is 12.5 Å². The smallest absolute Gasteiger partial charge is 0.326 e. The first-order valence-electron chi connectivity index (χ1n) is 7.36. The number of aliphatic carboxylic acids is 1. The number of piperidine rings is 1. The summed E-state index contributed by atoms with van der Waals surface area (Å²) in [5, 5.41) is 9.18. The van der Waals surface area contributed by atoms with Gasteiger partial charge in [0.25, 0.3) is 5.91 Å². The highest BCUT2D eigenvalue weighted by atomic mass is 16.5. The van der Waals surface area contributed by atoms with Gasteiger partial charge in [0.15, 0.2) is 6.61 Å². The summed E-state index contributed by atoms with van der Waals surface area (Å²) in [5.74, 6) is -0.549. The van der Waals surface area contributed by atoms with E-state index in [1.54, 1.807) is 6.07 Å². The lowest BCUT2D eigenvalue weighted by Gasteiger charge is -2.32. The molecule has 5 heteroatoms. The summed E-state index contributed by atoms with van der Waals surface area (Å²) in [5.41, 5.74) is 1.14. The third-order valence-corrected chi connectivity index (χ3v) is 3.78. The topological polar surface area (TPSA) is 66.8 Å². The minimum Gasteiger partial charge on any atom is -0.484 e. The van der Waals surface area contributed by atoms with E-state index >= 15 is 0 Å². The minimum atomic E-state index is -0.934. The SMILES string of the molecule is CCc1cccc(OCC(=O)N2CCCCC2C(=O)O)c1. The van der Waals surface area contributed by atoms with Crippen molar-refractivity contribution in [3.63, 3.8) is 0 Å². The van der Waals surface area contributed by atoms with E-state index in [4.69, 9.17) is 4.74 Å². The van der Waals surface area contributed by atoms with Gasteiger partial charge in [-0.3, -0.25) is 4.79 Å². The number of hydrogen-bond acceptors (Lipinski definition) is 3. The van der Waals surface area contributed by atoms with E-state index < -0.39 is 12.0 Å². The fourth-order valence-electron chi connectivity index (χ4n) is 2.57. The Morgan fingerprint density at radius 2 is 2.19 bits per heavy atom. The third-order valence-electron chi connectivity index (χ3n) is 3.78. The van der Waals surface area contributed by atoms with Crippen LogP contribution in [0, 0.1) is 0 Å². The number of aryl methyl sites for hydroxylation is 1. The average molecular weight is 291 g/mol. The number of carbonyl (C=O) groups excluding carboxylic acids is 1. The van der Waals surface area contributed by atoms with Crippen molar-refractivity contribution in [1.29, 1.82) is 0 Å². The minimum absolute atomic E-state index is 0.114. The van der Waals surface area contributed by atoms with Crippen LogP contribution in [0.2, 0.25) is 0 Å². The summed E-state index contributed by atoms with van der Waals surface area (Å²) < 4.78 is 5.51. The molecule has 1 fully saturated rings. The van der Waals surface area contributed by atoms with Crippen LogP contribution in [0.15, 0.2) is 24.3 Å². The number of amides is 1. The number of ether oxygens (including phenoxy) is 1. The standard InChI is InChI=1S/C16H21NO4/c1-2-12-6-5-7-13(10-12)21-11-15(18)17-9-4-3-8-14(17)16(19)20/h5-7,10,14H,2-4,8-9,11H2,1H3,(H,19,20). The van der Waals surface area contributed by atoms with Gasteiger partial charge in [-0.1, -0.05) is 19.1 Å². The summed E-state index contributed by atoms with van der Waals surface area (Å²) >= 11 is 0. The Morgan fingerprint density at radius 1 is 1.38 bits per heavy atom. The van der Waals surface area contributed by atoms with Gasteiger partial charge in [-0.25, -0.2) is 4.79 Å². The Morgan fingerprint density at radius 3 is 2.90 bits per heavy atom. The molecule has 0 bridgehead atoms. The molecule has 1 N–H and O–H groups in total. The largest absolute Gasteiger partial charge is 0.484 e. The highest BCUT2D eigenvalue weighted by Gasteiger charge is 2.31. The molecule has 0 aliphatic carbocycles. The van der Waals surface area contributed by atoms with Gasteiger partial charge in [0, 0.05) is 6.54 Å². The van der Waals surface area contributed by atoms with E-state index in [0.717, 1.165) is 24.8 Å². The van der Waals surface area contributed by atoms with Crippen molar-refractivity contribution < 1.29 is 19.4 Å². The van der Waals surface area contributed by atoms with Crippen molar-refractivity contribution in [2.45, 2.75) is 38.6 Å². The molecule has 1 amide bonds. The molecule has 1 aliphatic rings. The summed E-state index contributed by atoms with van der Waals surface area (Å²) in [6.07, 6.45) is 3.12. The average Bonchev–Trinajstić information content (AvgIpc) is 2.52. The van der Waals surface area contributed by atoms with Crippen LogP contribution in [-0.2, 0) is 16.0 Å². The van der Waals surface area contributed by atoms with Crippen LogP contribution in [0.25, 0.3) is 0 Å². The molecule has 114 valence electrons. The second-order valence-corrected chi connectivity index (χ2v) is 5.23. The van der Waals surface area contributed by atoms with Gasteiger partial charge in [-0.05, 0) is 43.4 Å². The van der Waals surface area contributed by atoms with Gasteiger partial charge >= 0.3 is 5.97 Å². The lowest BCUT2D eigenvalue weighted by molar-refractivity contribution is -0.152. The Balaban J connectivity index is 1.95. The maximum atomic E-state index is 12.2. The van der Waals surface area contributed by atoms with Gasteiger partial charge in [0.2, 0.25) is 0 Å². The monoisotopic (exact) mass is 291 g/mol. The number of hydrogen-bond donors (Lipinski definition) is 1. The third kappa shape index (κ3) is 3.97. The number of benzene rings is 1. The fraction of sp³-hybridized carbons (Fsp3) is 0.500. The van der Waals surface area contributed by atoms with E-state index in [2.05, 4.69) is 6.92 Å². The first-order valence-corrected chi connectivity index (χ1v) is 7.36. The number of carboxylic acids is 1. The molecule has 21 heavy (non-hydrogen) atoms. The van der Waals surface area contributed by atoms with Gasteiger partial charge in [-0.2, -0.15) is 0 Å². The predicted molar refractivity (Wildman–Crippen MR) is 78.3 cm³/mol. The fourth-order valence-corrected chi connectivity index (χ4v) is 2.57. The summed E-state index contributed by atoms with van der Waals surface area (Å²) in [4.78, 5) is 24.8. The molecule has 0 radical (unpaired) electrons. The van der Waals surface area contributed by atoms with Crippen LogP contribution in [0.4, 0.5) is 0 Å². The second kappa shape index (κ2) is 7.11. The molecule has 1 aliphatic heterocycles. The van der Waals surface area contributed by atoms with Gasteiger partial charge < -0.3 is 14.7 Å². The highest BCUT2D eigenvalue weighted by Crippen LogP contribution is 2.18. The lowest BCUT2D eigenvalue weighted by atomic mass is 10.0. The van der Waals surface area contributed by atoms with Crippen molar-refractivity contribution in [2.75, 3.05) is 13.2 Å². The molecule has 1 atom stereocenters. The highest BCUT2D eigenvalue weighted by molar-refractivity contribution is 5.84. The van der Waals surface area contributed by atoms with Crippen LogP contribution < -0.4 is 4.74 Å². The van der Waals surface area contributed by atoms with Gasteiger partial charge in [0.05, 0.1) is 0 Å². The number of nitrogens with zero attached hydrogens (tertiary/aromatic N) is 1. The van der Waals surface area contributed by atoms with Gasteiger partial charge in [-0.15, -0.1) is 0 Å². The zero-order valence-corrected chi connectivity index (χ0v) is 12.2. The van der Waals surface area contributed by atoms with Crippen molar-refractivity contribution in [1.82, 2.24) is 4.90 Å². The molecule has 0 aromatic heterocycles. The van der Waals surface area contributed by atoms with E-state index in [0.29, 0.717) is 18.7 Å². The summed E-state index contributed by atoms with van der Waals surface area (Å²) in [7, 11) is 0. The quantitative estimate of drug-likeness (QED) is 0.902. The van der Waals surface area contributed by atoms with Crippen LogP contribution in [0.3, 0.4) is 0 Å². The number of carbonyl (C=O) groups is 2. The molecule has 5 nitrogen and oxygen atoms in total. The van der Waals surface area contributed by atoms with E-state index in [1.165, 1.54) is 4.90 Å². The Labute approximate surface area is 124 Å². The van der Waals surface area contributed by atoms with Crippen LogP contribution in [-0.4, -0.2) is 41.1 Å². The Bertz CT molecular complexity index is 515. The second-order valence-electron chi connectivity index (χ2n) is 5.23. The van der Waals surface area contributed by atoms with Crippen molar-refractivity contribution in [3.05, 3.63) is 29.8 Å². The van der Waals surface area contributed by atoms with Crippen molar-refractivity contribution in [2.24, 2.45) is 0 Å². The van der Waals surface area contributed by atoms with Gasteiger partial charge in [0.1, 0.15) is 11.8 Å². The lowest BCUT2D eigenvalue weighted by Crippen LogP contribution is -2.49. The first kappa shape index (κ1) is 15.4. The van der Waals surface area contributed by atoms with Crippen LogP contribution in [0.1, 0.15) is 31.7 Å². The van der Waals surface area contributed by atoms with Crippen molar-refractivity contribution >= 4 is 11.9 Å². The zero-order chi connectivity index (χ0) is 15.2. The maximum absolute atomic E-state index is 12.2. The normalized spacial score (nSPS) is 18.3. The molecule has 1 heterocycles. The molecular formula is C16H21NO4. The Kier molecular flexibility index (Phi) is 5.20. The molecule has 1 saturated heterocycles. The molecular weight excluding hydrogens is 270 g/mol. The number of likely N-dealkylation sites (tertiary alicyclic amines) is 1. The Hall–Kier alpha value is -2.04. The van der Waals surface area contributed by atoms with Crippen molar-refractivity contribution in [3.8, 4) is 5.75 Å². The van der Waals surface area contributed by atoms with E-state index in [9.17, 15) is 14.7 Å². The molecule has 1 aromatic rings. The van der Waals surface area contributed by atoms with Crippen LogP contribution in [0.5, 0.6) is 5.75 Å². The molecule has 0 spiro atoms.